The van der Waals surface area contributed by atoms with Crippen molar-refractivity contribution in [1.29, 1.82) is 0 Å². The number of nitro benzene ring substituents is 1. The third kappa shape index (κ3) is 7.74. The van der Waals surface area contributed by atoms with E-state index in [4.69, 9.17) is 11.6 Å². The quantitative estimate of drug-likeness (QED) is 0.169. The predicted octanol–water partition coefficient (Wildman–Crippen LogP) is 5.02. The van der Waals surface area contributed by atoms with Crippen molar-refractivity contribution in [3.63, 3.8) is 0 Å². The Morgan fingerprint density at radius 3 is 2.11 bits per heavy atom. The van der Waals surface area contributed by atoms with Crippen LogP contribution in [0, 0.1) is 10.1 Å². The fourth-order valence-corrected chi connectivity index (χ4v) is 3.52. The summed E-state index contributed by atoms with van der Waals surface area (Å²) in [6, 6.07) is 19.5. The van der Waals surface area contributed by atoms with E-state index in [1.54, 1.807) is 24.3 Å². The Morgan fingerprint density at radius 1 is 0.946 bits per heavy atom. The molecular weight excluding hydrogens is 494 g/mol. The molecule has 3 aromatic rings. The molecule has 0 unspecified atom stereocenters. The maximum Gasteiger partial charge on any atom is 0.287 e. The zero-order chi connectivity index (χ0) is 26.8. The molecule has 0 saturated carbocycles. The maximum absolute atomic E-state index is 12.9. The molecule has 0 saturated heterocycles. The molecule has 3 rings (SSSR count). The molecule has 2 amide bonds. The molecule has 0 aliphatic heterocycles. The first-order chi connectivity index (χ1) is 17.8. The minimum Gasteiger partial charge on any atom is -0.372 e. The molecule has 37 heavy (non-hydrogen) atoms. The molecule has 9 nitrogen and oxygen atoms in total. The molecule has 0 aromatic heterocycles. The van der Waals surface area contributed by atoms with Crippen molar-refractivity contribution in [1.82, 2.24) is 10.7 Å². The van der Waals surface area contributed by atoms with Gasteiger partial charge in [-0.1, -0.05) is 35.9 Å². The fraction of sp³-hybridized carbons (Fsp3) is 0.148. The van der Waals surface area contributed by atoms with Crippen LogP contribution in [0.25, 0.3) is 6.08 Å². The number of nitro groups is 1. The summed E-state index contributed by atoms with van der Waals surface area (Å²) in [4.78, 5) is 38.3. The van der Waals surface area contributed by atoms with Crippen LogP contribution in [0.4, 0.5) is 11.4 Å². The van der Waals surface area contributed by atoms with Gasteiger partial charge in [-0.25, -0.2) is 5.43 Å². The first kappa shape index (κ1) is 27.1. The van der Waals surface area contributed by atoms with Crippen molar-refractivity contribution in [2.24, 2.45) is 5.10 Å². The molecule has 0 aliphatic carbocycles. The highest BCUT2D eigenvalue weighted by Gasteiger charge is 2.16. The molecular formula is C27H26ClN5O4. The van der Waals surface area contributed by atoms with Crippen LogP contribution in [-0.2, 0) is 4.79 Å². The number of nitrogens with one attached hydrogen (secondary N) is 2. The Kier molecular flexibility index (Phi) is 9.51. The molecule has 10 heteroatoms. The van der Waals surface area contributed by atoms with E-state index in [9.17, 15) is 19.7 Å². The molecule has 0 bridgehead atoms. The number of carbonyl (C=O) groups excluding carboxylic acids is 2. The second kappa shape index (κ2) is 13.0. The summed E-state index contributed by atoms with van der Waals surface area (Å²) in [5.41, 5.74) is 4.82. The summed E-state index contributed by atoms with van der Waals surface area (Å²) in [6.45, 7) is 5.85. The van der Waals surface area contributed by atoms with Crippen molar-refractivity contribution in [2.75, 3.05) is 18.0 Å². The highest BCUT2D eigenvalue weighted by molar-refractivity contribution is 6.30. The SMILES string of the molecule is CCN(CC)c1ccc(C=C(NC(=O)c2ccc([N+](=O)[O-])cc2)C(=O)NN=Cc2ccc(Cl)cc2)cc1. The standard InChI is InChI=1S/C27H26ClN5O4/c1-3-32(4-2)23-13-7-19(8-14-23)17-25(27(35)31-29-18-20-5-11-22(28)12-6-20)30-26(34)21-9-15-24(16-10-21)33(36)37/h5-18H,3-4H2,1-2H3,(H,30,34)(H,31,35). The number of rotatable bonds is 10. The summed E-state index contributed by atoms with van der Waals surface area (Å²) in [7, 11) is 0. The predicted molar refractivity (Wildman–Crippen MR) is 146 cm³/mol. The lowest BCUT2D eigenvalue weighted by Gasteiger charge is -2.20. The first-order valence-corrected chi connectivity index (χ1v) is 11.9. The zero-order valence-corrected chi connectivity index (χ0v) is 21.1. The van der Waals surface area contributed by atoms with Crippen LogP contribution >= 0.6 is 11.6 Å². The lowest BCUT2D eigenvalue weighted by molar-refractivity contribution is -0.384. The van der Waals surface area contributed by atoms with Gasteiger partial charge in [0.15, 0.2) is 0 Å². The van der Waals surface area contributed by atoms with Gasteiger partial charge in [-0.2, -0.15) is 5.10 Å². The summed E-state index contributed by atoms with van der Waals surface area (Å²) in [6.07, 6.45) is 2.98. The molecule has 0 radical (unpaired) electrons. The van der Waals surface area contributed by atoms with Crippen molar-refractivity contribution in [2.45, 2.75) is 13.8 Å². The molecule has 0 fully saturated rings. The van der Waals surface area contributed by atoms with E-state index in [0.717, 1.165) is 24.3 Å². The van der Waals surface area contributed by atoms with Gasteiger partial charge in [0.2, 0.25) is 0 Å². The Hall–Kier alpha value is -4.50. The minimum atomic E-state index is -0.645. The van der Waals surface area contributed by atoms with Crippen LogP contribution in [-0.4, -0.2) is 36.0 Å². The van der Waals surface area contributed by atoms with Gasteiger partial charge in [-0.3, -0.25) is 19.7 Å². The zero-order valence-electron chi connectivity index (χ0n) is 20.3. The second-order valence-electron chi connectivity index (χ2n) is 7.83. The van der Waals surface area contributed by atoms with Gasteiger partial charge >= 0.3 is 0 Å². The van der Waals surface area contributed by atoms with Crippen LogP contribution in [0.5, 0.6) is 0 Å². The summed E-state index contributed by atoms with van der Waals surface area (Å²) < 4.78 is 0. The van der Waals surface area contributed by atoms with Gasteiger partial charge in [-0.15, -0.1) is 0 Å². The number of hydrogen-bond donors (Lipinski definition) is 2. The van der Waals surface area contributed by atoms with Gasteiger partial charge in [0.05, 0.1) is 11.1 Å². The highest BCUT2D eigenvalue weighted by atomic mass is 35.5. The van der Waals surface area contributed by atoms with E-state index < -0.39 is 16.7 Å². The lowest BCUT2D eigenvalue weighted by atomic mass is 10.1. The van der Waals surface area contributed by atoms with E-state index in [1.807, 2.05) is 24.3 Å². The number of benzene rings is 3. The van der Waals surface area contributed by atoms with Crippen molar-refractivity contribution < 1.29 is 14.5 Å². The number of carbonyl (C=O) groups is 2. The molecule has 0 spiro atoms. The average Bonchev–Trinajstić information content (AvgIpc) is 2.91. The topological polar surface area (TPSA) is 117 Å². The second-order valence-corrected chi connectivity index (χ2v) is 8.27. The molecule has 0 aliphatic rings. The third-order valence-corrected chi connectivity index (χ3v) is 5.67. The number of hydrogen-bond acceptors (Lipinski definition) is 6. The first-order valence-electron chi connectivity index (χ1n) is 11.5. The van der Waals surface area contributed by atoms with Crippen molar-refractivity contribution >= 4 is 47.1 Å². The van der Waals surface area contributed by atoms with E-state index in [1.165, 1.54) is 36.6 Å². The van der Waals surface area contributed by atoms with Crippen LogP contribution in [0.2, 0.25) is 5.02 Å². The van der Waals surface area contributed by atoms with Gasteiger partial charge in [-0.05, 0) is 67.4 Å². The molecule has 190 valence electrons. The third-order valence-electron chi connectivity index (χ3n) is 5.42. The Bertz CT molecular complexity index is 1300. The van der Waals surface area contributed by atoms with Crippen LogP contribution < -0.4 is 15.6 Å². The summed E-state index contributed by atoms with van der Waals surface area (Å²) >= 11 is 5.88. The van der Waals surface area contributed by atoms with E-state index in [-0.39, 0.29) is 16.9 Å². The lowest BCUT2D eigenvalue weighted by Crippen LogP contribution is -2.32. The number of anilines is 1. The number of nitrogens with zero attached hydrogens (tertiary/aromatic N) is 3. The fourth-order valence-electron chi connectivity index (χ4n) is 3.40. The summed E-state index contributed by atoms with van der Waals surface area (Å²) in [5.74, 6) is -1.24. The number of amides is 2. The van der Waals surface area contributed by atoms with E-state index >= 15 is 0 Å². The molecule has 0 atom stereocenters. The summed E-state index contributed by atoms with van der Waals surface area (Å²) in [5, 5.41) is 18.0. The number of halogens is 1. The Morgan fingerprint density at radius 2 is 1.54 bits per heavy atom. The van der Waals surface area contributed by atoms with E-state index in [0.29, 0.717) is 10.6 Å². The van der Waals surface area contributed by atoms with Crippen LogP contribution in [0.3, 0.4) is 0 Å². The number of non-ortho nitro benzene ring substituents is 1. The van der Waals surface area contributed by atoms with Gasteiger partial charge in [0, 0.05) is 41.5 Å². The minimum absolute atomic E-state index is 0.0489. The Labute approximate surface area is 219 Å². The van der Waals surface area contributed by atoms with Crippen LogP contribution in [0.1, 0.15) is 35.3 Å². The highest BCUT2D eigenvalue weighted by Crippen LogP contribution is 2.17. The molecule has 0 heterocycles. The smallest absolute Gasteiger partial charge is 0.287 e. The Balaban J connectivity index is 1.83. The molecule has 3 aromatic carbocycles. The normalized spacial score (nSPS) is 11.3. The number of hydrazone groups is 1. The maximum atomic E-state index is 12.9. The van der Waals surface area contributed by atoms with E-state index in [2.05, 4.69) is 34.6 Å². The van der Waals surface area contributed by atoms with Gasteiger partial charge in [0.1, 0.15) is 5.70 Å². The van der Waals surface area contributed by atoms with Crippen molar-refractivity contribution in [3.8, 4) is 0 Å². The van der Waals surface area contributed by atoms with Crippen LogP contribution in [0.15, 0.2) is 83.6 Å². The largest absolute Gasteiger partial charge is 0.372 e. The molecule has 2 N–H and O–H groups in total. The van der Waals surface area contributed by atoms with Gasteiger partial charge < -0.3 is 10.2 Å². The van der Waals surface area contributed by atoms with Gasteiger partial charge in [0.25, 0.3) is 17.5 Å². The monoisotopic (exact) mass is 519 g/mol. The van der Waals surface area contributed by atoms with Crippen molar-refractivity contribution in [3.05, 3.63) is 110 Å². The average molecular weight is 520 g/mol.